The van der Waals surface area contributed by atoms with E-state index in [-0.39, 0.29) is 23.3 Å². The number of aliphatic hydroxyl groups is 1. The molecule has 0 spiro atoms. The number of likely N-dealkylation sites (tertiary alicyclic amines) is 1. The first-order valence-electron chi connectivity index (χ1n) is 9.68. The van der Waals surface area contributed by atoms with Gasteiger partial charge in [-0.2, -0.15) is 0 Å². The lowest BCUT2D eigenvalue weighted by molar-refractivity contribution is -0.142. The molecule has 1 aliphatic heterocycles. The van der Waals surface area contributed by atoms with E-state index in [0.29, 0.717) is 26.1 Å². The molecule has 0 aromatic heterocycles. The number of carbonyl (C=O) groups excluding carboxylic acids is 2. The van der Waals surface area contributed by atoms with Gasteiger partial charge in [0, 0.05) is 18.5 Å². The number of nitrogens with zero attached hydrogens (tertiary/aromatic N) is 1. The van der Waals surface area contributed by atoms with Crippen LogP contribution in [-0.2, 0) is 14.3 Å². The van der Waals surface area contributed by atoms with Gasteiger partial charge in [-0.25, -0.2) is 0 Å². The third kappa shape index (κ3) is 5.30. The van der Waals surface area contributed by atoms with E-state index >= 15 is 0 Å². The molecule has 2 amide bonds. The topological polar surface area (TPSA) is 78.9 Å². The summed E-state index contributed by atoms with van der Waals surface area (Å²) in [4.78, 5) is 25.8. The Morgan fingerprint density at radius 1 is 1.31 bits per heavy atom. The summed E-state index contributed by atoms with van der Waals surface area (Å²) in [5, 5.41) is 12.4. The highest BCUT2D eigenvalue weighted by Crippen LogP contribution is 2.33. The van der Waals surface area contributed by atoms with Gasteiger partial charge in [-0.3, -0.25) is 9.59 Å². The molecule has 0 aromatic carbocycles. The van der Waals surface area contributed by atoms with Crippen LogP contribution < -0.4 is 5.32 Å². The van der Waals surface area contributed by atoms with Gasteiger partial charge in [-0.15, -0.1) is 0 Å². The SMILES string of the molecule is CC(OCC1(CO)CC=CCC1)C(NC=O)C(=O)N1CCC(C)(C)CC1. The molecule has 6 nitrogen and oxygen atoms in total. The average molecular weight is 367 g/mol. The van der Waals surface area contributed by atoms with E-state index in [2.05, 4.69) is 31.3 Å². The Morgan fingerprint density at radius 2 is 2.00 bits per heavy atom. The molecule has 2 rings (SSSR count). The molecule has 1 saturated heterocycles. The minimum Gasteiger partial charge on any atom is -0.396 e. The Hall–Kier alpha value is -1.40. The van der Waals surface area contributed by atoms with Crippen molar-refractivity contribution in [1.29, 1.82) is 0 Å². The Morgan fingerprint density at radius 3 is 2.54 bits per heavy atom. The molecule has 148 valence electrons. The summed E-state index contributed by atoms with van der Waals surface area (Å²) in [7, 11) is 0. The summed E-state index contributed by atoms with van der Waals surface area (Å²) in [6, 6.07) is -0.691. The normalized spacial score (nSPS) is 27.6. The number of aliphatic hydroxyl groups excluding tert-OH is 1. The van der Waals surface area contributed by atoms with Crippen LogP contribution >= 0.6 is 0 Å². The standard InChI is InChI=1S/C20H34N2O4/c1-16(26-14-20(13-23)7-5-4-6-8-20)17(21-15-24)18(25)22-11-9-19(2,3)10-12-22/h4-5,15-17,23H,6-14H2,1-3H3,(H,21,24). The van der Waals surface area contributed by atoms with Crippen molar-refractivity contribution in [2.24, 2.45) is 10.8 Å². The summed E-state index contributed by atoms with van der Waals surface area (Å²) in [5.41, 5.74) is -0.0264. The zero-order valence-corrected chi connectivity index (χ0v) is 16.4. The molecule has 0 bridgehead atoms. The van der Waals surface area contributed by atoms with Crippen molar-refractivity contribution >= 4 is 12.3 Å². The van der Waals surface area contributed by atoms with Crippen molar-refractivity contribution in [2.75, 3.05) is 26.3 Å². The molecular formula is C20H34N2O4. The monoisotopic (exact) mass is 366 g/mol. The van der Waals surface area contributed by atoms with E-state index in [1.807, 2.05) is 11.8 Å². The first-order valence-corrected chi connectivity index (χ1v) is 9.68. The zero-order chi connectivity index (χ0) is 19.2. The van der Waals surface area contributed by atoms with Gasteiger partial charge in [0.1, 0.15) is 6.04 Å². The quantitative estimate of drug-likeness (QED) is 0.508. The van der Waals surface area contributed by atoms with Crippen molar-refractivity contribution in [3.63, 3.8) is 0 Å². The minimum absolute atomic E-state index is 0.0605. The van der Waals surface area contributed by atoms with Gasteiger partial charge in [0.15, 0.2) is 0 Å². The van der Waals surface area contributed by atoms with E-state index in [1.54, 1.807) is 0 Å². The molecule has 0 saturated carbocycles. The highest BCUT2D eigenvalue weighted by molar-refractivity contribution is 5.84. The minimum atomic E-state index is -0.691. The molecule has 1 fully saturated rings. The maximum Gasteiger partial charge on any atom is 0.247 e. The van der Waals surface area contributed by atoms with Crippen LogP contribution in [0.15, 0.2) is 12.2 Å². The number of ether oxygens (including phenoxy) is 1. The van der Waals surface area contributed by atoms with Crippen molar-refractivity contribution in [1.82, 2.24) is 10.2 Å². The number of rotatable bonds is 8. The van der Waals surface area contributed by atoms with Crippen LogP contribution in [-0.4, -0.2) is 60.8 Å². The van der Waals surface area contributed by atoms with Crippen LogP contribution in [0.25, 0.3) is 0 Å². The maximum atomic E-state index is 12.9. The molecule has 0 aromatic rings. The molecule has 2 N–H and O–H groups in total. The molecule has 1 heterocycles. The second kappa shape index (κ2) is 9.00. The molecular weight excluding hydrogens is 332 g/mol. The number of carbonyl (C=O) groups is 2. The molecule has 0 radical (unpaired) electrons. The van der Waals surface area contributed by atoms with Crippen LogP contribution in [0.4, 0.5) is 0 Å². The predicted molar refractivity (Wildman–Crippen MR) is 101 cm³/mol. The highest BCUT2D eigenvalue weighted by atomic mass is 16.5. The van der Waals surface area contributed by atoms with Gasteiger partial charge in [-0.1, -0.05) is 26.0 Å². The fraction of sp³-hybridized carbons (Fsp3) is 0.800. The molecule has 1 aliphatic carbocycles. The third-order valence-corrected chi connectivity index (χ3v) is 5.96. The Labute approximate surface area is 157 Å². The molecule has 2 aliphatic rings. The zero-order valence-electron chi connectivity index (χ0n) is 16.4. The number of amides is 2. The van der Waals surface area contributed by atoms with E-state index in [0.717, 1.165) is 32.1 Å². The second-order valence-corrected chi connectivity index (χ2v) is 8.64. The first-order chi connectivity index (χ1) is 12.3. The van der Waals surface area contributed by atoms with Crippen LogP contribution in [0, 0.1) is 10.8 Å². The van der Waals surface area contributed by atoms with Crippen LogP contribution in [0.5, 0.6) is 0 Å². The fourth-order valence-corrected chi connectivity index (χ4v) is 3.68. The summed E-state index contributed by atoms with van der Waals surface area (Å²) in [6.45, 7) is 8.11. The third-order valence-electron chi connectivity index (χ3n) is 5.96. The lowest BCUT2D eigenvalue weighted by atomic mass is 9.78. The summed E-state index contributed by atoms with van der Waals surface area (Å²) in [5.74, 6) is -0.0818. The largest absolute Gasteiger partial charge is 0.396 e. The van der Waals surface area contributed by atoms with Crippen LogP contribution in [0.3, 0.4) is 0 Å². The average Bonchev–Trinajstić information content (AvgIpc) is 2.64. The molecule has 3 unspecified atom stereocenters. The van der Waals surface area contributed by atoms with Gasteiger partial charge in [0.25, 0.3) is 0 Å². The lowest BCUT2D eigenvalue weighted by Gasteiger charge is -2.39. The van der Waals surface area contributed by atoms with E-state index in [1.165, 1.54) is 0 Å². The second-order valence-electron chi connectivity index (χ2n) is 8.64. The van der Waals surface area contributed by atoms with E-state index in [9.17, 15) is 14.7 Å². The van der Waals surface area contributed by atoms with Crippen molar-refractivity contribution < 1.29 is 19.4 Å². The van der Waals surface area contributed by atoms with Crippen molar-refractivity contribution in [3.8, 4) is 0 Å². The number of hydrogen-bond acceptors (Lipinski definition) is 4. The predicted octanol–water partition coefficient (Wildman–Crippen LogP) is 1.87. The Bertz CT molecular complexity index is 510. The van der Waals surface area contributed by atoms with Gasteiger partial charge in [-0.05, 0) is 44.4 Å². The van der Waals surface area contributed by atoms with Gasteiger partial charge in [0.05, 0.1) is 19.3 Å². The van der Waals surface area contributed by atoms with E-state index in [4.69, 9.17) is 4.74 Å². The fourth-order valence-electron chi connectivity index (χ4n) is 3.68. The maximum absolute atomic E-state index is 12.9. The lowest BCUT2D eigenvalue weighted by Crippen LogP contribution is -2.55. The van der Waals surface area contributed by atoms with Crippen LogP contribution in [0.2, 0.25) is 0 Å². The number of nitrogens with one attached hydrogen (secondary N) is 1. The van der Waals surface area contributed by atoms with Crippen molar-refractivity contribution in [2.45, 2.75) is 65.0 Å². The smallest absolute Gasteiger partial charge is 0.247 e. The summed E-state index contributed by atoms with van der Waals surface area (Å²) < 4.78 is 5.98. The first kappa shape index (κ1) is 20.9. The molecule has 26 heavy (non-hydrogen) atoms. The Balaban J connectivity index is 1.95. The van der Waals surface area contributed by atoms with Gasteiger partial charge in [0.2, 0.25) is 12.3 Å². The Kier molecular flexibility index (Phi) is 7.24. The summed E-state index contributed by atoms with van der Waals surface area (Å²) >= 11 is 0. The number of piperidine rings is 1. The van der Waals surface area contributed by atoms with Gasteiger partial charge < -0.3 is 20.1 Å². The number of hydrogen-bond donors (Lipinski definition) is 2. The van der Waals surface area contributed by atoms with Crippen molar-refractivity contribution in [3.05, 3.63) is 12.2 Å². The van der Waals surface area contributed by atoms with Gasteiger partial charge >= 0.3 is 0 Å². The molecule has 6 heteroatoms. The van der Waals surface area contributed by atoms with E-state index < -0.39 is 12.1 Å². The van der Waals surface area contributed by atoms with Crippen LogP contribution in [0.1, 0.15) is 52.9 Å². The highest BCUT2D eigenvalue weighted by Gasteiger charge is 2.36. The molecule has 3 atom stereocenters. The summed E-state index contributed by atoms with van der Waals surface area (Å²) in [6.07, 6.45) is 8.81. The number of allylic oxidation sites excluding steroid dienone is 2.